The predicted octanol–water partition coefficient (Wildman–Crippen LogP) is 2.34. The van der Waals surface area contributed by atoms with Gasteiger partial charge in [0.1, 0.15) is 6.17 Å². The van der Waals surface area contributed by atoms with E-state index in [2.05, 4.69) is 44.4 Å². The van der Waals surface area contributed by atoms with Crippen molar-refractivity contribution < 1.29 is 0 Å². The van der Waals surface area contributed by atoms with E-state index in [9.17, 15) is 0 Å². The second-order valence-electron chi connectivity index (χ2n) is 6.47. The highest BCUT2D eigenvalue weighted by Crippen LogP contribution is 2.56. The summed E-state index contributed by atoms with van der Waals surface area (Å²) < 4.78 is 0. The highest BCUT2D eigenvalue weighted by atomic mass is 15.5. The molecule has 0 bridgehead atoms. The number of nitrogens with one attached hydrogen (secondary N) is 1. The summed E-state index contributed by atoms with van der Waals surface area (Å²) in [7, 11) is 0. The van der Waals surface area contributed by atoms with Gasteiger partial charge in [0.05, 0.1) is 29.1 Å². The first-order valence-electron chi connectivity index (χ1n) is 7.81. The van der Waals surface area contributed by atoms with Crippen LogP contribution in [0.15, 0.2) is 36.7 Å². The average molecular weight is 276 g/mol. The van der Waals surface area contributed by atoms with Gasteiger partial charge in [-0.25, -0.2) is 0 Å². The lowest BCUT2D eigenvalue weighted by Crippen LogP contribution is -2.49. The average Bonchev–Trinajstić information content (AvgIpc) is 3.27. The lowest BCUT2D eigenvalue weighted by atomic mass is 10.0. The van der Waals surface area contributed by atoms with Crippen molar-refractivity contribution >= 4 is 17.1 Å². The zero-order valence-corrected chi connectivity index (χ0v) is 11.7. The number of para-hydroxylation sites is 1. The first kappa shape index (κ1) is 10.6. The summed E-state index contributed by atoms with van der Waals surface area (Å²) in [5, 5.41) is 3.68. The summed E-state index contributed by atoms with van der Waals surface area (Å²) in [6.07, 6.45) is 6.88. The Morgan fingerprint density at radius 2 is 2.19 bits per heavy atom. The highest BCUT2D eigenvalue weighted by Gasteiger charge is 2.57. The van der Waals surface area contributed by atoms with Gasteiger partial charge in [0.25, 0.3) is 0 Å². The molecule has 104 valence electrons. The van der Waals surface area contributed by atoms with Crippen LogP contribution < -0.4 is 15.1 Å². The minimum Gasteiger partial charge on any atom is -0.348 e. The Morgan fingerprint density at radius 3 is 3.19 bits per heavy atom. The van der Waals surface area contributed by atoms with Crippen molar-refractivity contribution in [2.24, 2.45) is 0 Å². The molecule has 6 rings (SSSR count). The number of pyridine rings is 1. The third-order valence-electron chi connectivity index (χ3n) is 5.44. The fourth-order valence-corrected chi connectivity index (χ4v) is 4.58. The molecule has 1 aromatic heterocycles. The molecule has 3 unspecified atom stereocenters. The van der Waals surface area contributed by atoms with E-state index in [-0.39, 0.29) is 0 Å². The molecule has 3 atom stereocenters. The van der Waals surface area contributed by atoms with Gasteiger partial charge in [-0.05, 0) is 30.5 Å². The fraction of sp³-hybridized carbons (Fsp3) is 0.353. The van der Waals surface area contributed by atoms with E-state index in [1.54, 1.807) is 0 Å². The fourth-order valence-electron chi connectivity index (χ4n) is 4.58. The smallest absolute Gasteiger partial charge is 0.124 e. The molecule has 0 spiro atoms. The molecule has 4 nitrogen and oxygen atoms in total. The summed E-state index contributed by atoms with van der Waals surface area (Å²) in [4.78, 5) is 9.51. The quantitative estimate of drug-likeness (QED) is 0.750. The van der Waals surface area contributed by atoms with E-state index in [1.807, 2.05) is 12.4 Å². The van der Waals surface area contributed by atoms with Crippen LogP contribution in [0.5, 0.6) is 0 Å². The monoisotopic (exact) mass is 276 g/mol. The molecular formula is C17H16N4. The summed E-state index contributed by atoms with van der Waals surface area (Å²) in [6, 6.07) is 10.0. The number of rotatable bonds is 0. The number of benzene rings is 1. The van der Waals surface area contributed by atoms with Gasteiger partial charge in [-0.3, -0.25) is 4.98 Å². The van der Waals surface area contributed by atoms with Crippen molar-refractivity contribution in [2.45, 2.75) is 31.1 Å². The Kier molecular flexibility index (Phi) is 1.72. The van der Waals surface area contributed by atoms with E-state index in [1.165, 1.54) is 47.6 Å². The lowest BCUT2D eigenvalue weighted by Gasteiger charge is -2.37. The van der Waals surface area contributed by atoms with Gasteiger partial charge in [-0.2, -0.15) is 0 Å². The summed E-state index contributed by atoms with van der Waals surface area (Å²) >= 11 is 0. The van der Waals surface area contributed by atoms with Crippen molar-refractivity contribution in [3.05, 3.63) is 47.8 Å². The Bertz CT molecular complexity index is 771. The van der Waals surface area contributed by atoms with Gasteiger partial charge in [0.15, 0.2) is 0 Å². The van der Waals surface area contributed by atoms with Crippen molar-refractivity contribution in [2.75, 3.05) is 16.3 Å². The minimum atomic E-state index is 0.446. The number of nitrogens with zero attached hydrogens (tertiary/aromatic N) is 3. The molecule has 0 amide bonds. The summed E-state index contributed by atoms with van der Waals surface area (Å²) in [6.45, 7) is 1.18. The van der Waals surface area contributed by atoms with E-state index < -0.39 is 0 Å². The number of hydrogen-bond donors (Lipinski definition) is 1. The largest absolute Gasteiger partial charge is 0.348 e. The number of fused-ring (bicyclic) bond motifs is 8. The molecule has 4 aliphatic rings. The lowest BCUT2D eigenvalue weighted by molar-refractivity contribution is 0.566. The van der Waals surface area contributed by atoms with Gasteiger partial charge in [-0.15, -0.1) is 0 Å². The van der Waals surface area contributed by atoms with E-state index in [4.69, 9.17) is 0 Å². The Balaban J connectivity index is 1.66. The Morgan fingerprint density at radius 1 is 1.19 bits per heavy atom. The molecule has 2 aromatic rings. The molecular weight excluding hydrogens is 260 g/mol. The summed E-state index contributed by atoms with van der Waals surface area (Å²) in [5.41, 5.74) is 7.07. The maximum absolute atomic E-state index is 4.33. The van der Waals surface area contributed by atoms with Gasteiger partial charge in [-0.1, -0.05) is 12.1 Å². The van der Waals surface area contributed by atoms with Crippen molar-refractivity contribution in [1.29, 1.82) is 0 Å². The normalized spacial score (nSPS) is 30.4. The second kappa shape index (κ2) is 3.39. The van der Waals surface area contributed by atoms with Gasteiger partial charge >= 0.3 is 0 Å². The minimum absolute atomic E-state index is 0.446. The molecule has 0 saturated carbocycles. The first-order chi connectivity index (χ1) is 10.4. The van der Waals surface area contributed by atoms with Gasteiger partial charge in [0.2, 0.25) is 0 Å². The van der Waals surface area contributed by atoms with E-state index in [0.29, 0.717) is 18.2 Å². The first-order valence-corrected chi connectivity index (χ1v) is 7.81. The van der Waals surface area contributed by atoms with Crippen molar-refractivity contribution in [3.8, 4) is 0 Å². The number of hydrogen-bond acceptors (Lipinski definition) is 4. The number of aromatic nitrogens is 1. The van der Waals surface area contributed by atoms with Crippen molar-refractivity contribution in [1.82, 2.24) is 10.3 Å². The molecule has 1 N–H and O–H groups in total. The molecule has 0 radical (unpaired) electrons. The van der Waals surface area contributed by atoms with Crippen LogP contribution in [0.2, 0.25) is 0 Å². The molecule has 4 aliphatic heterocycles. The predicted molar refractivity (Wildman–Crippen MR) is 81.9 cm³/mol. The molecule has 4 heteroatoms. The third-order valence-corrected chi connectivity index (χ3v) is 5.44. The Labute approximate surface area is 123 Å². The van der Waals surface area contributed by atoms with Crippen molar-refractivity contribution in [3.63, 3.8) is 0 Å². The van der Waals surface area contributed by atoms with E-state index >= 15 is 0 Å². The highest BCUT2D eigenvalue weighted by molar-refractivity contribution is 5.89. The maximum atomic E-state index is 4.33. The van der Waals surface area contributed by atoms with Gasteiger partial charge < -0.3 is 15.1 Å². The third kappa shape index (κ3) is 1.15. The van der Waals surface area contributed by atoms with Crippen LogP contribution in [0.3, 0.4) is 0 Å². The molecule has 1 saturated heterocycles. The molecule has 1 aromatic carbocycles. The second-order valence-corrected chi connectivity index (χ2v) is 6.47. The molecule has 5 heterocycles. The topological polar surface area (TPSA) is 41.3 Å². The molecule has 0 aliphatic carbocycles. The standard InChI is InChI=1S/C17H16N4/c1-3-10-4-2-8-20-16(10)13(5-1)21-12-6-7-18-9-11(12)14-15(19-14)17(20)21/h1,3,5-7,9,14-15,17,19H,2,4,8H2. The van der Waals surface area contributed by atoms with Crippen LogP contribution in [-0.2, 0) is 6.42 Å². The zero-order chi connectivity index (χ0) is 13.6. The molecule has 1 fully saturated rings. The van der Waals surface area contributed by atoms with Crippen LogP contribution in [0.4, 0.5) is 17.1 Å². The van der Waals surface area contributed by atoms with Crippen LogP contribution in [0.25, 0.3) is 0 Å². The Hall–Kier alpha value is -2.07. The maximum Gasteiger partial charge on any atom is 0.124 e. The summed E-state index contributed by atoms with van der Waals surface area (Å²) in [5.74, 6) is 0. The number of aryl methyl sites for hydroxylation is 1. The number of anilines is 3. The van der Waals surface area contributed by atoms with Crippen LogP contribution in [-0.4, -0.2) is 23.7 Å². The van der Waals surface area contributed by atoms with Gasteiger partial charge in [0, 0.05) is 24.5 Å². The van der Waals surface area contributed by atoms with E-state index in [0.717, 1.165) is 0 Å². The zero-order valence-electron chi connectivity index (χ0n) is 11.7. The SMILES string of the molecule is c1cc2c3c(c1)N1c4ccncc4C4NC4C1N3CCC2. The van der Waals surface area contributed by atoms with Crippen LogP contribution in [0, 0.1) is 0 Å². The molecule has 21 heavy (non-hydrogen) atoms. The van der Waals surface area contributed by atoms with Crippen LogP contribution in [0.1, 0.15) is 23.6 Å². The van der Waals surface area contributed by atoms with Crippen LogP contribution >= 0.6 is 0 Å².